The number of rotatable bonds is 5. The highest BCUT2D eigenvalue weighted by atomic mass is 32.2. The summed E-state index contributed by atoms with van der Waals surface area (Å²) < 4.78 is 26.8. The average molecular weight is 328 g/mol. The number of nitrogens with zero attached hydrogens (tertiary/aromatic N) is 2. The zero-order valence-electron chi connectivity index (χ0n) is 13.7. The SMILES string of the molecule is CC[C@H](C)CS(=O)(=O)N1CC[C@@H]2[C@H](CCC(=O)N2C2CC2)C1. The van der Waals surface area contributed by atoms with Gasteiger partial charge in [0.2, 0.25) is 15.9 Å². The fraction of sp³-hybridized carbons (Fsp3) is 0.938. The Labute approximate surface area is 134 Å². The minimum absolute atomic E-state index is 0.207. The highest BCUT2D eigenvalue weighted by Crippen LogP contribution is 2.39. The van der Waals surface area contributed by atoms with Crippen molar-refractivity contribution in [1.29, 1.82) is 0 Å². The Kier molecular flexibility index (Phi) is 4.52. The predicted molar refractivity (Wildman–Crippen MR) is 85.8 cm³/mol. The second-order valence-corrected chi connectivity index (χ2v) is 9.35. The molecule has 3 aliphatic rings. The van der Waals surface area contributed by atoms with Crippen LogP contribution in [0.5, 0.6) is 0 Å². The van der Waals surface area contributed by atoms with Crippen LogP contribution in [0.1, 0.15) is 52.4 Å². The summed E-state index contributed by atoms with van der Waals surface area (Å²) in [7, 11) is -3.15. The molecule has 3 atom stereocenters. The summed E-state index contributed by atoms with van der Waals surface area (Å²) >= 11 is 0. The summed E-state index contributed by atoms with van der Waals surface area (Å²) in [5.41, 5.74) is 0. The topological polar surface area (TPSA) is 57.7 Å². The van der Waals surface area contributed by atoms with Crippen molar-refractivity contribution in [2.45, 2.75) is 64.5 Å². The zero-order valence-corrected chi connectivity index (χ0v) is 14.5. The van der Waals surface area contributed by atoms with E-state index in [-0.39, 0.29) is 17.7 Å². The van der Waals surface area contributed by atoms with Crippen molar-refractivity contribution in [2.75, 3.05) is 18.8 Å². The first kappa shape index (κ1) is 16.2. The van der Waals surface area contributed by atoms with Crippen molar-refractivity contribution >= 4 is 15.9 Å². The lowest BCUT2D eigenvalue weighted by Crippen LogP contribution is -2.57. The van der Waals surface area contributed by atoms with Crippen LogP contribution in [-0.4, -0.2) is 54.5 Å². The molecule has 5 nitrogen and oxygen atoms in total. The molecule has 0 bridgehead atoms. The van der Waals surface area contributed by atoms with Gasteiger partial charge in [-0.3, -0.25) is 4.79 Å². The Morgan fingerprint density at radius 1 is 1.23 bits per heavy atom. The largest absolute Gasteiger partial charge is 0.336 e. The van der Waals surface area contributed by atoms with Crippen LogP contribution >= 0.6 is 0 Å². The van der Waals surface area contributed by atoms with Gasteiger partial charge in [0.15, 0.2) is 0 Å². The van der Waals surface area contributed by atoms with Crippen LogP contribution in [-0.2, 0) is 14.8 Å². The standard InChI is InChI=1S/C16H28N2O3S/c1-3-12(2)11-22(20,21)17-9-8-15-13(10-17)4-7-16(19)18(15)14-5-6-14/h12-15H,3-11H2,1-2H3/t12-,13+,15+/m0/s1. The number of carbonyl (C=O) groups is 1. The summed E-state index contributed by atoms with van der Waals surface area (Å²) in [5, 5.41) is 0. The van der Waals surface area contributed by atoms with E-state index in [1.54, 1.807) is 4.31 Å². The minimum atomic E-state index is -3.15. The van der Waals surface area contributed by atoms with Gasteiger partial charge < -0.3 is 4.90 Å². The van der Waals surface area contributed by atoms with E-state index in [2.05, 4.69) is 4.90 Å². The molecule has 6 heteroatoms. The smallest absolute Gasteiger partial charge is 0.223 e. The van der Waals surface area contributed by atoms with Crippen molar-refractivity contribution in [3.8, 4) is 0 Å². The molecule has 22 heavy (non-hydrogen) atoms. The molecule has 0 aromatic carbocycles. The van der Waals surface area contributed by atoms with E-state index in [4.69, 9.17) is 0 Å². The van der Waals surface area contributed by atoms with Gasteiger partial charge in [-0.05, 0) is 37.5 Å². The first-order valence-electron chi connectivity index (χ1n) is 8.71. The molecule has 3 fully saturated rings. The maximum atomic E-state index is 12.6. The Bertz CT molecular complexity index is 530. The molecule has 1 saturated carbocycles. The number of sulfonamides is 1. The molecule has 1 aliphatic carbocycles. The number of hydrogen-bond donors (Lipinski definition) is 0. The molecular weight excluding hydrogens is 300 g/mol. The van der Waals surface area contributed by atoms with E-state index in [1.165, 1.54) is 0 Å². The highest BCUT2D eigenvalue weighted by Gasteiger charge is 2.46. The fourth-order valence-corrected chi connectivity index (χ4v) is 5.89. The Morgan fingerprint density at radius 2 is 1.95 bits per heavy atom. The summed E-state index contributed by atoms with van der Waals surface area (Å²) in [6.07, 6.45) is 5.41. The van der Waals surface area contributed by atoms with Crippen molar-refractivity contribution in [3.05, 3.63) is 0 Å². The number of likely N-dealkylation sites (tertiary alicyclic amines) is 1. The lowest BCUT2D eigenvalue weighted by molar-refractivity contribution is -0.141. The molecule has 0 aromatic rings. The zero-order chi connectivity index (χ0) is 15.9. The quantitative estimate of drug-likeness (QED) is 0.774. The first-order valence-corrected chi connectivity index (χ1v) is 10.3. The van der Waals surface area contributed by atoms with Gasteiger partial charge in [0.25, 0.3) is 0 Å². The third-order valence-corrected chi connectivity index (χ3v) is 7.67. The summed E-state index contributed by atoms with van der Waals surface area (Å²) in [6, 6.07) is 0.729. The molecular formula is C16H28N2O3S. The van der Waals surface area contributed by atoms with Crippen LogP contribution in [0.4, 0.5) is 0 Å². The Hall–Kier alpha value is -0.620. The summed E-state index contributed by atoms with van der Waals surface area (Å²) in [6.45, 7) is 5.22. The van der Waals surface area contributed by atoms with Gasteiger partial charge in [0.1, 0.15) is 0 Å². The maximum Gasteiger partial charge on any atom is 0.223 e. The normalized spacial score (nSPS) is 31.9. The average Bonchev–Trinajstić information content (AvgIpc) is 3.30. The van der Waals surface area contributed by atoms with E-state index in [0.29, 0.717) is 37.4 Å². The minimum Gasteiger partial charge on any atom is -0.336 e. The van der Waals surface area contributed by atoms with Crippen molar-refractivity contribution < 1.29 is 13.2 Å². The molecule has 0 unspecified atom stereocenters. The molecule has 126 valence electrons. The van der Waals surface area contributed by atoms with Crippen LogP contribution in [0.2, 0.25) is 0 Å². The fourth-order valence-electron chi connectivity index (χ4n) is 3.92. The molecule has 0 N–H and O–H groups in total. The monoisotopic (exact) mass is 328 g/mol. The van der Waals surface area contributed by atoms with Gasteiger partial charge in [0, 0.05) is 31.6 Å². The van der Waals surface area contributed by atoms with E-state index >= 15 is 0 Å². The Balaban J connectivity index is 1.68. The van der Waals surface area contributed by atoms with Crippen LogP contribution in [0, 0.1) is 11.8 Å². The lowest BCUT2D eigenvalue weighted by atomic mass is 9.84. The second-order valence-electron chi connectivity index (χ2n) is 7.34. The van der Waals surface area contributed by atoms with Crippen LogP contribution in [0.15, 0.2) is 0 Å². The van der Waals surface area contributed by atoms with Gasteiger partial charge in [-0.15, -0.1) is 0 Å². The van der Waals surface area contributed by atoms with Gasteiger partial charge in [-0.2, -0.15) is 0 Å². The third kappa shape index (κ3) is 3.18. The van der Waals surface area contributed by atoms with Crippen LogP contribution in [0.3, 0.4) is 0 Å². The third-order valence-electron chi connectivity index (χ3n) is 5.56. The lowest BCUT2D eigenvalue weighted by Gasteiger charge is -2.47. The van der Waals surface area contributed by atoms with E-state index < -0.39 is 10.0 Å². The van der Waals surface area contributed by atoms with Crippen molar-refractivity contribution in [2.24, 2.45) is 11.8 Å². The summed E-state index contributed by atoms with van der Waals surface area (Å²) in [4.78, 5) is 14.3. The maximum absolute atomic E-state index is 12.6. The Morgan fingerprint density at radius 3 is 2.59 bits per heavy atom. The van der Waals surface area contributed by atoms with Gasteiger partial charge in [0.05, 0.1) is 5.75 Å². The number of carbonyl (C=O) groups excluding carboxylic acids is 1. The highest BCUT2D eigenvalue weighted by molar-refractivity contribution is 7.89. The second kappa shape index (κ2) is 6.11. The van der Waals surface area contributed by atoms with Crippen molar-refractivity contribution in [1.82, 2.24) is 9.21 Å². The van der Waals surface area contributed by atoms with E-state index in [0.717, 1.165) is 32.1 Å². The van der Waals surface area contributed by atoms with Crippen LogP contribution in [0.25, 0.3) is 0 Å². The molecule has 0 spiro atoms. The van der Waals surface area contributed by atoms with E-state index in [9.17, 15) is 13.2 Å². The number of fused-ring (bicyclic) bond motifs is 1. The first-order chi connectivity index (χ1) is 10.4. The summed E-state index contributed by atoms with van der Waals surface area (Å²) in [5.74, 6) is 1.09. The van der Waals surface area contributed by atoms with Crippen LogP contribution < -0.4 is 0 Å². The molecule has 2 saturated heterocycles. The number of amides is 1. The number of piperidine rings is 2. The van der Waals surface area contributed by atoms with Gasteiger partial charge in [-0.25, -0.2) is 12.7 Å². The predicted octanol–water partition coefficient (Wildman–Crippen LogP) is 1.84. The van der Waals surface area contributed by atoms with Gasteiger partial charge >= 0.3 is 0 Å². The molecule has 0 radical (unpaired) electrons. The molecule has 2 aliphatic heterocycles. The molecule has 2 heterocycles. The molecule has 0 aromatic heterocycles. The van der Waals surface area contributed by atoms with E-state index in [1.807, 2.05) is 13.8 Å². The van der Waals surface area contributed by atoms with Gasteiger partial charge in [-0.1, -0.05) is 20.3 Å². The van der Waals surface area contributed by atoms with Crippen molar-refractivity contribution in [3.63, 3.8) is 0 Å². The number of hydrogen-bond acceptors (Lipinski definition) is 3. The molecule has 3 rings (SSSR count). The molecule has 1 amide bonds.